The standard InChI is InChI=1S/2C25H24O7.C21H20O6.C4H5ClO.C4H6O2.CH4/c2*1-16(2)25(30)32-23-11-7-17(12-19(23)15-26)4-8-20(27)14-21(28)9-5-18-6-10-22(29)24(13-18)31-3;1-27-21-11-15(5-9-20(21)26)3-7-18(24)12-17(23)6-2-14-4-8-19(25)16(10-14)13-22;2*1-3(2)4(5)6;/h2*4-13,26,29H,1,14-15H2,2-3H3;2-11,22,25-26H,12-13H2,1H3;1H2,2H3;1H2,2H3,(H,5,6);1H4/b2*8-4-,9-5-;6-2-,7-3-;;;. The maximum atomic E-state index is 12.1. The second-order valence-electron chi connectivity index (χ2n) is 21.7. The van der Waals surface area contributed by atoms with Gasteiger partial charge in [0.15, 0.2) is 69.2 Å². The number of carboxylic acid groups (broad SMARTS) is 1. The number of hydrogen-bond donors (Lipinski definition) is 8. The predicted octanol–water partition coefficient (Wildman–Crippen LogP) is 12.7. The zero-order valence-corrected chi connectivity index (χ0v) is 58.2. The fraction of sp³-hybridized carbons (Fsp3) is 0.175. The van der Waals surface area contributed by atoms with E-state index in [0.29, 0.717) is 61.4 Å². The monoisotopic (exact) mass is 1450 g/mol. The smallest absolute Gasteiger partial charge is 0.338 e. The number of aromatic hydroxyl groups is 4. The molecular formula is C80H83ClO23. The molecule has 6 aromatic rings. The number of phenolic OH excluding ortho intramolecular Hbond substituents is 3. The molecule has 0 saturated carbocycles. The molecule has 104 heavy (non-hydrogen) atoms. The van der Waals surface area contributed by atoms with E-state index in [9.17, 15) is 78.6 Å². The minimum atomic E-state index is -0.935. The van der Waals surface area contributed by atoms with Crippen molar-refractivity contribution in [3.8, 4) is 51.7 Å². The van der Waals surface area contributed by atoms with Crippen LogP contribution in [0.4, 0.5) is 0 Å². The highest BCUT2D eigenvalue weighted by Crippen LogP contribution is 2.30. The highest BCUT2D eigenvalue weighted by molar-refractivity contribution is 6.67. The lowest BCUT2D eigenvalue weighted by Gasteiger charge is -2.09. The zero-order valence-electron chi connectivity index (χ0n) is 57.5. The number of aliphatic carboxylic acids is 1. The third kappa shape index (κ3) is 34.1. The maximum Gasteiger partial charge on any atom is 0.338 e. The number of phenols is 4. The number of allylic oxidation sites excluding steroid dienone is 7. The average Bonchev–Trinajstić information content (AvgIpc) is 0.843. The summed E-state index contributed by atoms with van der Waals surface area (Å²) in [7, 11) is 4.27. The van der Waals surface area contributed by atoms with E-state index in [-0.39, 0.29) is 132 Å². The number of aliphatic hydroxyl groups is 3. The van der Waals surface area contributed by atoms with E-state index in [0.717, 1.165) is 0 Å². The first kappa shape index (κ1) is 89.6. The van der Waals surface area contributed by atoms with Gasteiger partial charge >= 0.3 is 17.9 Å². The summed E-state index contributed by atoms with van der Waals surface area (Å²) < 4.78 is 25.3. The average molecular weight is 1450 g/mol. The number of carboxylic acids is 1. The molecule has 0 aromatic heterocycles. The maximum absolute atomic E-state index is 12.1. The van der Waals surface area contributed by atoms with Gasteiger partial charge in [-0.1, -0.05) is 107 Å². The number of benzene rings is 6. The predicted molar refractivity (Wildman–Crippen MR) is 397 cm³/mol. The van der Waals surface area contributed by atoms with E-state index < -0.39 is 34.7 Å². The van der Waals surface area contributed by atoms with E-state index in [1.165, 1.54) is 151 Å². The fourth-order valence-electron chi connectivity index (χ4n) is 7.46. The quantitative estimate of drug-likeness (QED) is 0.00682. The van der Waals surface area contributed by atoms with Crippen molar-refractivity contribution in [2.45, 2.75) is 74.2 Å². The second-order valence-corrected chi connectivity index (χ2v) is 22.0. The van der Waals surface area contributed by atoms with Gasteiger partial charge < -0.3 is 64.5 Å². The molecule has 6 rings (SSSR count). The van der Waals surface area contributed by atoms with Gasteiger partial charge in [-0.05, 0) is 182 Å². The lowest BCUT2D eigenvalue weighted by atomic mass is 10.1. The van der Waals surface area contributed by atoms with Crippen LogP contribution in [0.2, 0.25) is 0 Å². The molecule has 0 bridgehead atoms. The minimum Gasteiger partial charge on any atom is -0.508 e. The largest absolute Gasteiger partial charge is 0.508 e. The van der Waals surface area contributed by atoms with E-state index in [1.807, 2.05) is 0 Å². The van der Waals surface area contributed by atoms with E-state index >= 15 is 0 Å². The van der Waals surface area contributed by atoms with E-state index in [1.54, 1.807) is 79.7 Å². The molecule has 0 fully saturated rings. The Hall–Kier alpha value is -12.4. The number of carbonyl (C=O) groups is 10. The van der Waals surface area contributed by atoms with Crippen LogP contribution in [-0.4, -0.2) is 120 Å². The molecule has 548 valence electrons. The first-order chi connectivity index (χ1) is 48.7. The first-order valence-corrected chi connectivity index (χ1v) is 30.8. The first-order valence-electron chi connectivity index (χ1n) is 30.4. The van der Waals surface area contributed by atoms with Crippen LogP contribution in [0.1, 0.15) is 104 Å². The molecule has 0 atom stereocenters. The van der Waals surface area contributed by atoms with Crippen molar-refractivity contribution in [2.75, 3.05) is 21.3 Å². The SMILES string of the molecule is C.C=C(C)C(=O)Cl.C=C(C)C(=O)O.C=C(C)C(=O)Oc1ccc(/C=C\C(=O)CC(=O)/C=C\c2ccc(O)c(OC)c2)cc1CO.C=C(C)C(=O)Oc1ccc(/C=C\C(=O)CC(=O)/C=C\c2ccc(O)c(OC)c2)cc1CO.COc1cc(/C=C\C(=O)CC(=O)/C=C\c2ccc(O)c(CO)c2)ccc1O. The van der Waals surface area contributed by atoms with Gasteiger partial charge in [0.2, 0.25) is 5.24 Å². The van der Waals surface area contributed by atoms with Gasteiger partial charge in [0.05, 0.1) is 60.4 Å². The van der Waals surface area contributed by atoms with Crippen LogP contribution >= 0.6 is 11.6 Å². The Bertz CT molecular complexity index is 4030. The number of rotatable bonds is 30. The van der Waals surface area contributed by atoms with Gasteiger partial charge in [-0.25, -0.2) is 14.4 Å². The summed E-state index contributed by atoms with van der Waals surface area (Å²) in [5, 5.41) is 73.8. The minimum absolute atomic E-state index is 0. The molecule has 6 aromatic carbocycles. The van der Waals surface area contributed by atoms with Crippen LogP contribution in [0, 0.1) is 0 Å². The highest BCUT2D eigenvalue weighted by Gasteiger charge is 2.14. The van der Waals surface area contributed by atoms with Crippen molar-refractivity contribution >= 4 is 106 Å². The molecule has 0 heterocycles. The lowest BCUT2D eigenvalue weighted by Crippen LogP contribution is -2.09. The summed E-state index contributed by atoms with van der Waals surface area (Å²) in [5.41, 5.74) is 5.87. The topological polar surface area (TPSA) is 379 Å². The molecule has 0 aliphatic heterocycles. The van der Waals surface area contributed by atoms with Crippen molar-refractivity contribution in [1.82, 2.24) is 0 Å². The van der Waals surface area contributed by atoms with Gasteiger partial charge in [-0.3, -0.25) is 33.6 Å². The van der Waals surface area contributed by atoms with Crippen LogP contribution in [0.15, 0.2) is 194 Å². The molecule has 0 amide bonds. The Morgan fingerprint density at radius 2 is 0.577 bits per heavy atom. The van der Waals surface area contributed by atoms with Gasteiger partial charge in [0.25, 0.3) is 0 Å². The number of ketones is 6. The van der Waals surface area contributed by atoms with Crippen LogP contribution in [0.5, 0.6) is 51.7 Å². The van der Waals surface area contributed by atoms with Gasteiger partial charge in [-0.2, -0.15) is 0 Å². The Morgan fingerprint density at radius 1 is 0.356 bits per heavy atom. The summed E-state index contributed by atoms with van der Waals surface area (Å²) in [5.74, 6) is -3.22. The van der Waals surface area contributed by atoms with E-state index in [4.69, 9.17) is 45.5 Å². The zero-order chi connectivity index (χ0) is 77.5. The molecule has 24 heteroatoms. The van der Waals surface area contributed by atoms with Crippen molar-refractivity contribution in [3.63, 3.8) is 0 Å². The molecule has 0 radical (unpaired) electrons. The summed E-state index contributed by atoms with van der Waals surface area (Å²) in [4.78, 5) is 115. The highest BCUT2D eigenvalue weighted by atomic mass is 35.5. The van der Waals surface area contributed by atoms with Crippen LogP contribution in [-0.2, 0) is 67.8 Å². The number of methoxy groups -OCH3 is 3. The third-order valence-corrected chi connectivity index (χ3v) is 13.3. The Labute approximate surface area is 607 Å². The molecule has 0 saturated heterocycles. The Kier molecular flexibility index (Phi) is 40.4. The van der Waals surface area contributed by atoms with Crippen molar-refractivity contribution in [3.05, 3.63) is 244 Å². The van der Waals surface area contributed by atoms with Crippen molar-refractivity contribution in [1.29, 1.82) is 0 Å². The summed E-state index contributed by atoms with van der Waals surface area (Å²) >= 11 is 4.87. The normalized spacial score (nSPS) is 10.5. The van der Waals surface area contributed by atoms with Gasteiger partial charge in [-0.15, -0.1) is 0 Å². The summed E-state index contributed by atoms with van der Waals surface area (Å²) in [6, 6.07) is 27.9. The lowest BCUT2D eigenvalue weighted by molar-refractivity contribution is -0.133. The number of carbonyl (C=O) groups excluding carboxylic acids is 9. The summed E-state index contributed by atoms with van der Waals surface area (Å²) in [6.07, 6.45) is 15.9. The molecule has 0 aliphatic rings. The molecule has 0 aliphatic carbocycles. The van der Waals surface area contributed by atoms with Crippen molar-refractivity contribution in [2.24, 2.45) is 0 Å². The molecule has 0 spiro atoms. The molecule has 23 nitrogen and oxygen atoms in total. The van der Waals surface area contributed by atoms with E-state index in [2.05, 4.69) is 26.3 Å². The number of halogens is 1. The molecule has 8 N–H and O–H groups in total. The third-order valence-electron chi connectivity index (χ3n) is 13.0. The van der Waals surface area contributed by atoms with Gasteiger partial charge in [0.1, 0.15) is 17.2 Å². The number of aliphatic hydroxyl groups excluding tert-OH is 3. The fourth-order valence-corrected chi connectivity index (χ4v) is 7.46. The van der Waals surface area contributed by atoms with Crippen LogP contribution in [0.3, 0.4) is 0 Å². The number of hydrogen-bond acceptors (Lipinski definition) is 22. The van der Waals surface area contributed by atoms with Gasteiger partial charge in [0, 0.05) is 39.0 Å². The number of esters is 2. The van der Waals surface area contributed by atoms with Crippen LogP contribution in [0.25, 0.3) is 36.5 Å². The van der Waals surface area contributed by atoms with Crippen LogP contribution < -0.4 is 23.7 Å². The van der Waals surface area contributed by atoms with Crippen molar-refractivity contribution < 1.29 is 112 Å². The summed E-state index contributed by atoms with van der Waals surface area (Å²) in [6.45, 7) is 18.4. The molecule has 0 unspecified atom stereocenters. The number of ether oxygens (including phenoxy) is 5. The Balaban J connectivity index is 0.000000719. The Morgan fingerprint density at radius 3 is 0.788 bits per heavy atom. The second kappa shape index (κ2) is 46.8. The molecular weight excluding hydrogens is 1360 g/mol.